The van der Waals surface area contributed by atoms with Crippen LogP contribution in [0.2, 0.25) is 0 Å². The van der Waals surface area contributed by atoms with Gasteiger partial charge in [-0.15, -0.1) is 0 Å². The number of carbonyl (C=O) groups excluding carboxylic acids is 3. The molecule has 0 saturated carbocycles. The topological polar surface area (TPSA) is 57.7 Å². The highest BCUT2D eigenvalue weighted by Gasteiger charge is 2.19. The first-order valence-corrected chi connectivity index (χ1v) is 12.2. The van der Waals surface area contributed by atoms with Gasteiger partial charge in [-0.1, -0.05) is 63.6 Å². The molecule has 0 spiro atoms. The van der Waals surface area contributed by atoms with Gasteiger partial charge in [0.2, 0.25) is 6.41 Å². The molecule has 0 N–H and O–H groups in total. The maximum atomic E-state index is 11.8. The zero-order chi connectivity index (χ0) is 26.7. The van der Waals surface area contributed by atoms with E-state index in [1.54, 1.807) is 19.0 Å². The zero-order valence-corrected chi connectivity index (χ0v) is 22.9. The molecule has 2 amide bonds. The molecule has 1 saturated heterocycles. The number of rotatable bonds is 3. The first-order valence-electron chi connectivity index (χ1n) is 12.2. The first-order chi connectivity index (χ1) is 16.3. The fourth-order valence-corrected chi connectivity index (χ4v) is 3.39. The number of amides is 2. The van der Waals surface area contributed by atoms with Crippen molar-refractivity contribution in [2.24, 2.45) is 0 Å². The van der Waals surface area contributed by atoms with E-state index < -0.39 is 0 Å². The van der Waals surface area contributed by atoms with Gasteiger partial charge in [-0.25, -0.2) is 0 Å². The molecule has 0 radical (unpaired) electrons. The highest BCUT2D eigenvalue weighted by atomic mass is 16.2. The normalized spacial score (nSPS) is 12.1. The maximum absolute atomic E-state index is 11.8. The van der Waals surface area contributed by atoms with Crippen LogP contribution in [0, 0.1) is 20.8 Å². The molecule has 0 unspecified atom stereocenters. The Morgan fingerprint density at radius 2 is 1.38 bits per heavy atom. The lowest BCUT2D eigenvalue weighted by molar-refractivity contribution is -0.119. The van der Waals surface area contributed by atoms with Crippen molar-refractivity contribution in [3.8, 4) is 0 Å². The molecule has 1 aliphatic heterocycles. The Kier molecular flexibility index (Phi) is 19.1. The van der Waals surface area contributed by atoms with Gasteiger partial charge in [-0.05, 0) is 68.4 Å². The van der Waals surface area contributed by atoms with Crippen LogP contribution in [0.1, 0.15) is 79.1 Å². The molecule has 5 nitrogen and oxygen atoms in total. The van der Waals surface area contributed by atoms with Gasteiger partial charge in [0, 0.05) is 32.7 Å². The number of benzene rings is 2. The van der Waals surface area contributed by atoms with Crippen molar-refractivity contribution in [1.29, 1.82) is 0 Å². The Labute approximate surface area is 208 Å². The fraction of sp³-hybridized carbons (Fsp3) is 0.483. The predicted molar refractivity (Wildman–Crippen MR) is 145 cm³/mol. The number of hydrogen-bond acceptors (Lipinski definition) is 3. The van der Waals surface area contributed by atoms with Gasteiger partial charge in [-0.2, -0.15) is 0 Å². The van der Waals surface area contributed by atoms with Gasteiger partial charge < -0.3 is 14.6 Å². The lowest BCUT2D eigenvalue weighted by Crippen LogP contribution is -2.31. The SMILES string of the molecule is C=O.CC.CC.CN(C)C(=O)c1ccc(C2CCN(C=O)CC2)cc1.Cc1ccc(C)c(C)c1. The number of carbonyl (C=O) groups is 3. The van der Waals surface area contributed by atoms with Crippen molar-refractivity contribution in [2.75, 3.05) is 27.2 Å². The molecule has 0 atom stereocenters. The molecule has 0 bridgehead atoms. The summed E-state index contributed by atoms with van der Waals surface area (Å²) in [6.07, 6.45) is 2.93. The Bertz CT molecular complexity index is 809. The Balaban J connectivity index is 0. The second-order valence-corrected chi connectivity index (χ2v) is 7.82. The minimum Gasteiger partial charge on any atom is -0.345 e. The van der Waals surface area contributed by atoms with Crippen LogP contribution in [0.4, 0.5) is 0 Å². The van der Waals surface area contributed by atoms with E-state index in [1.807, 2.05) is 63.6 Å². The van der Waals surface area contributed by atoms with Gasteiger partial charge in [0.05, 0.1) is 0 Å². The van der Waals surface area contributed by atoms with Crippen LogP contribution in [0.15, 0.2) is 42.5 Å². The van der Waals surface area contributed by atoms with E-state index in [1.165, 1.54) is 22.3 Å². The van der Waals surface area contributed by atoms with E-state index >= 15 is 0 Å². The molecule has 34 heavy (non-hydrogen) atoms. The van der Waals surface area contributed by atoms with E-state index in [2.05, 4.69) is 39.0 Å². The van der Waals surface area contributed by atoms with E-state index in [4.69, 9.17) is 4.79 Å². The number of nitrogens with zero attached hydrogens (tertiary/aromatic N) is 2. The average molecular weight is 471 g/mol. The van der Waals surface area contributed by atoms with Gasteiger partial charge >= 0.3 is 0 Å². The molecule has 5 heteroatoms. The van der Waals surface area contributed by atoms with E-state index in [0.29, 0.717) is 5.92 Å². The minimum atomic E-state index is 0.0299. The van der Waals surface area contributed by atoms with Crippen LogP contribution in [0.5, 0.6) is 0 Å². The third kappa shape index (κ3) is 11.8. The third-order valence-corrected chi connectivity index (χ3v) is 5.38. The van der Waals surface area contributed by atoms with Crippen LogP contribution in [0.25, 0.3) is 0 Å². The number of aryl methyl sites for hydroxylation is 3. The molecule has 2 aromatic carbocycles. The number of likely N-dealkylation sites (tertiary alicyclic amines) is 1. The number of piperidine rings is 1. The van der Waals surface area contributed by atoms with Crippen molar-refractivity contribution >= 4 is 19.1 Å². The Morgan fingerprint density at radius 3 is 1.76 bits per heavy atom. The summed E-state index contributed by atoms with van der Waals surface area (Å²) in [5.74, 6) is 0.530. The van der Waals surface area contributed by atoms with Crippen molar-refractivity contribution in [2.45, 2.75) is 67.2 Å². The summed E-state index contributed by atoms with van der Waals surface area (Å²) in [6, 6.07) is 14.4. The molecule has 0 aromatic heterocycles. The molecule has 1 fully saturated rings. The molecular formula is C29H46N2O3. The van der Waals surface area contributed by atoms with Gasteiger partial charge in [0.25, 0.3) is 5.91 Å². The van der Waals surface area contributed by atoms with Gasteiger partial charge in [-0.3, -0.25) is 9.59 Å². The second-order valence-electron chi connectivity index (χ2n) is 7.82. The van der Waals surface area contributed by atoms with Crippen LogP contribution in [-0.4, -0.2) is 56.1 Å². The molecule has 190 valence electrons. The molecule has 3 rings (SSSR count). The van der Waals surface area contributed by atoms with Crippen LogP contribution in [0.3, 0.4) is 0 Å². The van der Waals surface area contributed by atoms with Crippen molar-refractivity contribution in [1.82, 2.24) is 9.80 Å². The van der Waals surface area contributed by atoms with Crippen molar-refractivity contribution in [3.63, 3.8) is 0 Å². The van der Waals surface area contributed by atoms with Gasteiger partial charge in [0.1, 0.15) is 6.79 Å². The van der Waals surface area contributed by atoms with Crippen LogP contribution < -0.4 is 0 Å². The standard InChI is InChI=1S/C15H20N2O2.C9H12.2C2H6.CH2O/c1-16(2)15(19)14-5-3-12(4-6-14)13-7-9-17(11-18)10-8-13;1-7-4-5-8(2)9(3)6-7;3*1-2/h3-6,11,13H,7-10H2,1-2H3;4-6H,1-3H3;2*1-2H3;1H2. The van der Waals surface area contributed by atoms with E-state index in [9.17, 15) is 9.59 Å². The highest BCUT2D eigenvalue weighted by Crippen LogP contribution is 2.27. The molecule has 2 aromatic rings. The third-order valence-electron chi connectivity index (χ3n) is 5.38. The smallest absolute Gasteiger partial charge is 0.253 e. The molecular weight excluding hydrogens is 424 g/mol. The minimum absolute atomic E-state index is 0.0299. The van der Waals surface area contributed by atoms with E-state index in [0.717, 1.165) is 37.9 Å². The second kappa shape index (κ2) is 19.5. The Hall–Kier alpha value is -2.95. The molecule has 0 aliphatic carbocycles. The van der Waals surface area contributed by atoms with E-state index in [-0.39, 0.29) is 5.91 Å². The predicted octanol–water partition coefficient (Wildman–Crippen LogP) is 6.20. The summed E-state index contributed by atoms with van der Waals surface area (Å²) in [4.78, 5) is 33.9. The quantitative estimate of drug-likeness (QED) is 0.502. The van der Waals surface area contributed by atoms with Gasteiger partial charge in [0.15, 0.2) is 0 Å². The maximum Gasteiger partial charge on any atom is 0.253 e. The lowest BCUT2D eigenvalue weighted by atomic mass is 9.89. The number of hydrogen-bond donors (Lipinski definition) is 0. The lowest BCUT2D eigenvalue weighted by Gasteiger charge is -2.29. The van der Waals surface area contributed by atoms with Crippen molar-refractivity contribution in [3.05, 3.63) is 70.3 Å². The largest absolute Gasteiger partial charge is 0.345 e. The first kappa shape index (κ1) is 33.2. The van der Waals surface area contributed by atoms with Crippen LogP contribution in [-0.2, 0) is 9.59 Å². The summed E-state index contributed by atoms with van der Waals surface area (Å²) in [6.45, 7) is 18.0. The Morgan fingerprint density at radius 1 is 0.882 bits per heavy atom. The zero-order valence-electron chi connectivity index (χ0n) is 22.9. The highest BCUT2D eigenvalue weighted by molar-refractivity contribution is 5.93. The molecule has 1 heterocycles. The summed E-state index contributed by atoms with van der Waals surface area (Å²) in [7, 11) is 3.51. The summed E-state index contributed by atoms with van der Waals surface area (Å²) >= 11 is 0. The average Bonchev–Trinajstić information content (AvgIpc) is 2.90. The fourth-order valence-electron chi connectivity index (χ4n) is 3.39. The monoisotopic (exact) mass is 470 g/mol. The summed E-state index contributed by atoms with van der Waals surface area (Å²) < 4.78 is 0. The molecule has 1 aliphatic rings. The van der Waals surface area contributed by atoms with Crippen LogP contribution >= 0.6 is 0 Å². The summed E-state index contributed by atoms with van der Waals surface area (Å²) in [5, 5.41) is 0. The summed E-state index contributed by atoms with van der Waals surface area (Å²) in [5.41, 5.74) is 6.09. The van der Waals surface area contributed by atoms with Crippen molar-refractivity contribution < 1.29 is 14.4 Å².